The SMILES string of the molecule is CCn1nc(C)cc1CC(NN)c1cc2c(s1)CCSC2. The average molecular weight is 323 g/mol. The molecule has 1 aliphatic rings. The lowest BCUT2D eigenvalue weighted by Gasteiger charge is -2.14. The molecule has 0 amide bonds. The van der Waals surface area contributed by atoms with Crippen LogP contribution < -0.4 is 11.3 Å². The Bertz CT molecular complexity index is 594. The molecular formula is C15H22N4S2. The second-order valence-electron chi connectivity index (χ2n) is 5.42. The Hall–Kier alpha value is -0.820. The number of aromatic nitrogens is 2. The minimum absolute atomic E-state index is 0.173. The number of hydrogen-bond donors (Lipinski definition) is 2. The second kappa shape index (κ2) is 6.52. The van der Waals surface area contributed by atoms with Crippen molar-refractivity contribution < 1.29 is 0 Å². The number of hydrogen-bond acceptors (Lipinski definition) is 5. The van der Waals surface area contributed by atoms with E-state index in [4.69, 9.17) is 5.84 Å². The first-order chi connectivity index (χ1) is 10.2. The fourth-order valence-electron chi connectivity index (χ4n) is 2.83. The molecule has 0 spiro atoms. The van der Waals surface area contributed by atoms with Gasteiger partial charge in [0.2, 0.25) is 0 Å². The van der Waals surface area contributed by atoms with E-state index in [0.29, 0.717) is 0 Å². The summed E-state index contributed by atoms with van der Waals surface area (Å²) in [6.07, 6.45) is 2.09. The lowest BCUT2D eigenvalue weighted by Crippen LogP contribution is -2.29. The summed E-state index contributed by atoms with van der Waals surface area (Å²) in [4.78, 5) is 2.90. The summed E-state index contributed by atoms with van der Waals surface area (Å²) in [6.45, 7) is 5.07. The molecule has 2 aromatic rings. The number of nitrogens with one attached hydrogen (secondary N) is 1. The van der Waals surface area contributed by atoms with Crippen LogP contribution in [0.2, 0.25) is 0 Å². The minimum Gasteiger partial charge on any atom is -0.271 e. The van der Waals surface area contributed by atoms with Crippen molar-refractivity contribution in [3.05, 3.63) is 38.8 Å². The van der Waals surface area contributed by atoms with Crippen molar-refractivity contribution in [2.45, 2.75) is 45.0 Å². The summed E-state index contributed by atoms with van der Waals surface area (Å²) in [5.41, 5.74) is 6.83. The van der Waals surface area contributed by atoms with E-state index in [9.17, 15) is 0 Å². The average Bonchev–Trinajstić information content (AvgIpc) is 3.07. The van der Waals surface area contributed by atoms with Crippen molar-refractivity contribution in [3.63, 3.8) is 0 Å². The van der Waals surface area contributed by atoms with Crippen molar-refractivity contribution in [2.75, 3.05) is 5.75 Å². The van der Waals surface area contributed by atoms with Crippen molar-refractivity contribution in [2.24, 2.45) is 5.84 Å². The van der Waals surface area contributed by atoms with E-state index >= 15 is 0 Å². The molecule has 1 aliphatic heterocycles. The van der Waals surface area contributed by atoms with Crippen LogP contribution in [0.25, 0.3) is 0 Å². The monoisotopic (exact) mass is 322 g/mol. The molecule has 6 heteroatoms. The summed E-state index contributed by atoms with van der Waals surface area (Å²) in [6, 6.07) is 4.68. The fraction of sp³-hybridized carbons (Fsp3) is 0.533. The van der Waals surface area contributed by atoms with Gasteiger partial charge in [-0.25, -0.2) is 0 Å². The zero-order chi connectivity index (χ0) is 14.8. The highest BCUT2D eigenvalue weighted by Gasteiger charge is 2.20. The maximum atomic E-state index is 5.83. The van der Waals surface area contributed by atoms with Gasteiger partial charge in [-0.05, 0) is 43.7 Å². The van der Waals surface area contributed by atoms with Gasteiger partial charge in [-0.15, -0.1) is 11.3 Å². The molecule has 114 valence electrons. The molecule has 0 saturated carbocycles. The zero-order valence-corrected chi connectivity index (χ0v) is 14.2. The first kappa shape index (κ1) is 15.1. The summed E-state index contributed by atoms with van der Waals surface area (Å²) >= 11 is 3.95. The van der Waals surface area contributed by atoms with Crippen LogP contribution in [0, 0.1) is 6.92 Å². The third kappa shape index (κ3) is 3.18. The minimum atomic E-state index is 0.173. The molecule has 0 radical (unpaired) electrons. The van der Waals surface area contributed by atoms with Crippen LogP contribution in [0.5, 0.6) is 0 Å². The predicted molar refractivity (Wildman–Crippen MR) is 90.6 cm³/mol. The number of nitrogens with two attached hydrogens (primary N) is 1. The molecule has 1 atom stereocenters. The van der Waals surface area contributed by atoms with Gasteiger partial charge >= 0.3 is 0 Å². The summed E-state index contributed by atoms with van der Waals surface area (Å²) in [5, 5.41) is 4.52. The Morgan fingerprint density at radius 1 is 1.48 bits per heavy atom. The van der Waals surface area contributed by atoms with Gasteiger partial charge < -0.3 is 0 Å². The Morgan fingerprint density at radius 3 is 3.05 bits per heavy atom. The van der Waals surface area contributed by atoms with E-state index in [2.05, 4.69) is 34.3 Å². The Morgan fingerprint density at radius 2 is 2.33 bits per heavy atom. The lowest BCUT2D eigenvalue weighted by atomic mass is 10.1. The van der Waals surface area contributed by atoms with E-state index in [1.807, 2.05) is 30.0 Å². The standard InChI is InChI=1S/C15H22N4S2/c1-3-19-12(6-10(2)18-19)8-13(17-16)15-7-11-9-20-5-4-14(11)21-15/h6-7,13,17H,3-5,8-9,16H2,1-2H3. The molecule has 0 bridgehead atoms. The molecular weight excluding hydrogens is 300 g/mol. The third-order valence-electron chi connectivity index (χ3n) is 3.89. The summed E-state index contributed by atoms with van der Waals surface area (Å²) in [7, 11) is 0. The number of thioether (sulfide) groups is 1. The molecule has 3 rings (SSSR count). The number of nitrogens with zero attached hydrogens (tertiary/aromatic N) is 2. The predicted octanol–water partition coefficient (Wildman–Crippen LogP) is 2.81. The zero-order valence-electron chi connectivity index (χ0n) is 12.6. The number of fused-ring (bicyclic) bond motifs is 1. The highest BCUT2D eigenvalue weighted by Crippen LogP contribution is 2.35. The normalized spacial score (nSPS) is 16.0. The first-order valence-corrected chi connectivity index (χ1v) is 9.37. The van der Waals surface area contributed by atoms with Crippen molar-refractivity contribution in [1.82, 2.24) is 15.2 Å². The molecule has 1 unspecified atom stereocenters. The number of thiophene rings is 1. The maximum absolute atomic E-state index is 5.83. The Kier molecular flexibility index (Phi) is 4.69. The van der Waals surface area contributed by atoms with Gasteiger partial charge in [0.05, 0.1) is 11.7 Å². The molecule has 4 nitrogen and oxygen atoms in total. The van der Waals surface area contributed by atoms with Gasteiger partial charge in [-0.1, -0.05) is 0 Å². The second-order valence-corrected chi connectivity index (χ2v) is 7.69. The highest BCUT2D eigenvalue weighted by molar-refractivity contribution is 7.98. The van der Waals surface area contributed by atoms with Gasteiger partial charge in [0.25, 0.3) is 0 Å². The van der Waals surface area contributed by atoms with Gasteiger partial charge in [-0.2, -0.15) is 16.9 Å². The van der Waals surface area contributed by atoms with Gasteiger partial charge in [0, 0.05) is 34.2 Å². The van der Waals surface area contributed by atoms with Crippen LogP contribution in [0.15, 0.2) is 12.1 Å². The molecule has 3 N–H and O–H groups in total. The third-order valence-corrected chi connectivity index (χ3v) is 6.25. The summed E-state index contributed by atoms with van der Waals surface area (Å²) < 4.78 is 2.07. The van der Waals surface area contributed by atoms with Crippen molar-refractivity contribution >= 4 is 23.1 Å². The van der Waals surface area contributed by atoms with Crippen LogP contribution in [0.4, 0.5) is 0 Å². The first-order valence-electron chi connectivity index (χ1n) is 7.40. The van der Waals surface area contributed by atoms with Crippen molar-refractivity contribution in [1.29, 1.82) is 0 Å². The van der Waals surface area contributed by atoms with E-state index in [1.54, 1.807) is 4.88 Å². The van der Waals surface area contributed by atoms with E-state index in [0.717, 1.165) is 24.4 Å². The molecule has 3 heterocycles. The molecule has 21 heavy (non-hydrogen) atoms. The van der Waals surface area contributed by atoms with E-state index in [-0.39, 0.29) is 6.04 Å². The Labute approximate surface area is 134 Å². The number of aryl methyl sites for hydroxylation is 3. The quantitative estimate of drug-likeness (QED) is 0.656. The van der Waals surface area contributed by atoms with Crippen LogP contribution >= 0.6 is 23.1 Å². The van der Waals surface area contributed by atoms with Crippen LogP contribution in [0.1, 0.15) is 39.7 Å². The van der Waals surface area contributed by atoms with Crippen LogP contribution in [0.3, 0.4) is 0 Å². The van der Waals surface area contributed by atoms with E-state index in [1.165, 1.54) is 28.3 Å². The molecule has 2 aromatic heterocycles. The molecule has 0 aliphatic carbocycles. The maximum Gasteiger partial charge on any atom is 0.0608 e. The lowest BCUT2D eigenvalue weighted by molar-refractivity contribution is 0.523. The number of hydrazine groups is 1. The molecule has 0 aromatic carbocycles. The van der Waals surface area contributed by atoms with Gasteiger partial charge in [0.15, 0.2) is 0 Å². The molecule has 0 fully saturated rings. The fourth-order valence-corrected chi connectivity index (χ4v) is 5.27. The Balaban J connectivity index is 1.83. The largest absolute Gasteiger partial charge is 0.271 e. The highest BCUT2D eigenvalue weighted by atomic mass is 32.2. The van der Waals surface area contributed by atoms with E-state index < -0.39 is 0 Å². The number of rotatable bonds is 5. The molecule has 0 saturated heterocycles. The van der Waals surface area contributed by atoms with Crippen LogP contribution in [-0.2, 0) is 25.1 Å². The van der Waals surface area contributed by atoms with Gasteiger partial charge in [-0.3, -0.25) is 16.0 Å². The summed E-state index contributed by atoms with van der Waals surface area (Å²) in [5.74, 6) is 8.22. The topological polar surface area (TPSA) is 55.9 Å². The van der Waals surface area contributed by atoms with Crippen molar-refractivity contribution in [3.8, 4) is 0 Å². The van der Waals surface area contributed by atoms with Crippen LogP contribution in [-0.4, -0.2) is 15.5 Å². The smallest absolute Gasteiger partial charge is 0.0608 e. The van der Waals surface area contributed by atoms with Gasteiger partial charge in [0.1, 0.15) is 0 Å².